The summed E-state index contributed by atoms with van der Waals surface area (Å²) in [6, 6.07) is 23.7. The Morgan fingerprint density at radius 3 is 2.47 bits per heavy atom. The van der Waals surface area contributed by atoms with E-state index in [0.29, 0.717) is 28.1 Å². The molecule has 0 spiro atoms. The number of terminal acetylenes is 1. The summed E-state index contributed by atoms with van der Waals surface area (Å²) in [6.45, 7) is 2.13. The van der Waals surface area contributed by atoms with Gasteiger partial charge in [-0.2, -0.15) is 0 Å². The van der Waals surface area contributed by atoms with Crippen molar-refractivity contribution < 1.29 is 14.3 Å². The molecular formula is C28H21NO3. The summed E-state index contributed by atoms with van der Waals surface area (Å²) in [4.78, 5) is 26.2. The van der Waals surface area contributed by atoms with Gasteiger partial charge in [0, 0.05) is 16.8 Å². The number of ether oxygens (including phenoxy) is 1. The molecule has 2 heterocycles. The molecule has 0 saturated carbocycles. The van der Waals surface area contributed by atoms with Crippen LogP contribution in [0.5, 0.6) is 5.75 Å². The number of hydrogen-bond acceptors (Lipinski definition) is 3. The van der Waals surface area contributed by atoms with Gasteiger partial charge in [-0.3, -0.25) is 9.59 Å². The highest BCUT2D eigenvalue weighted by molar-refractivity contribution is 6.15. The molecule has 0 saturated heterocycles. The summed E-state index contributed by atoms with van der Waals surface area (Å²) in [5.74, 6) is 2.79. The second-order valence-corrected chi connectivity index (χ2v) is 7.29. The van der Waals surface area contributed by atoms with Gasteiger partial charge in [0.25, 0.3) is 0 Å². The quantitative estimate of drug-likeness (QED) is 0.229. The molecule has 0 unspecified atom stereocenters. The fraction of sp³-hybridized carbons (Fsp3) is 0.0714. The number of fused-ring (bicyclic) bond motifs is 1. The first-order valence-corrected chi connectivity index (χ1v) is 10.2. The topological polar surface area (TPSA) is 47.8 Å². The van der Waals surface area contributed by atoms with Crippen molar-refractivity contribution in [1.29, 1.82) is 0 Å². The largest absolute Gasteiger partial charge is 0.481 e. The molecule has 0 aliphatic carbocycles. The number of benzene rings is 2. The lowest BCUT2D eigenvalue weighted by Gasteiger charge is -2.06. The highest BCUT2D eigenvalue weighted by Crippen LogP contribution is 2.23. The number of carbonyl (C=O) groups is 2. The summed E-state index contributed by atoms with van der Waals surface area (Å²) in [5.41, 5.74) is 3.97. The van der Waals surface area contributed by atoms with Crippen LogP contribution in [0.2, 0.25) is 0 Å². The lowest BCUT2D eigenvalue weighted by atomic mass is 10.1. The SMILES string of the molecule is C#CCOc1ccc(/C=C/C(=O)c2cc(C(=O)c3ccccc3)n3c(C)cccc23)cc1. The van der Waals surface area contributed by atoms with Crippen LogP contribution in [0.25, 0.3) is 11.6 Å². The van der Waals surface area contributed by atoms with Crippen molar-refractivity contribution in [2.24, 2.45) is 0 Å². The molecule has 0 atom stereocenters. The van der Waals surface area contributed by atoms with E-state index in [9.17, 15) is 9.59 Å². The van der Waals surface area contributed by atoms with Crippen molar-refractivity contribution in [1.82, 2.24) is 4.40 Å². The van der Waals surface area contributed by atoms with E-state index in [1.165, 1.54) is 6.08 Å². The number of carbonyl (C=O) groups excluding carboxylic acids is 2. The number of ketones is 2. The summed E-state index contributed by atoms with van der Waals surface area (Å²) < 4.78 is 7.21. The Morgan fingerprint density at radius 1 is 1.00 bits per heavy atom. The zero-order chi connectivity index (χ0) is 22.5. The second kappa shape index (κ2) is 9.20. The molecule has 0 N–H and O–H groups in total. The van der Waals surface area contributed by atoms with Gasteiger partial charge >= 0.3 is 0 Å². The van der Waals surface area contributed by atoms with Gasteiger partial charge in [-0.15, -0.1) is 6.42 Å². The number of hydrogen-bond donors (Lipinski definition) is 0. The molecule has 2 aromatic heterocycles. The van der Waals surface area contributed by atoms with Crippen LogP contribution < -0.4 is 4.74 Å². The molecule has 4 heteroatoms. The Morgan fingerprint density at radius 2 is 1.75 bits per heavy atom. The van der Waals surface area contributed by atoms with Crippen LogP contribution in [-0.2, 0) is 0 Å². The average molecular weight is 419 g/mol. The first-order valence-electron chi connectivity index (χ1n) is 10.2. The van der Waals surface area contributed by atoms with E-state index in [1.54, 1.807) is 36.4 Å². The third kappa shape index (κ3) is 4.23. The normalized spacial score (nSPS) is 10.9. The van der Waals surface area contributed by atoms with Crippen molar-refractivity contribution in [3.63, 3.8) is 0 Å². The first-order chi connectivity index (χ1) is 15.6. The minimum Gasteiger partial charge on any atom is -0.481 e. The fourth-order valence-corrected chi connectivity index (χ4v) is 3.59. The summed E-state index contributed by atoms with van der Waals surface area (Å²) in [6.07, 6.45) is 8.46. The fourth-order valence-electron chi connectivity index (χ4n) is 3.59. The van der Waals surface area contributed by atoms with Crippen molar-refractivity contribution in [3.8, 4) is 18.1 Å². The molecule has 0 radical (unpaired) electrons. The number of rotatable bonds is 7. The Labute approximate surface area is 186 Å². The number of allylic oxidation sites excluding steroid dienone is 1. The number of pyridine rings is 1. The maximum absolute atomic E-state index is 13.2. The van der Waals surface area contributed by atoms with E-state index >= 15 is 0 Å². The van der Waals surface area contributed by atoms with E-state index in [1.807, 2.05) is 59.9 Å². The van der Waals surface area contributed by atoms with Crippen molar-refractivity contribution in [3.05, 3.63) is 113 Å². The predicted molar refractivity (Wildman–Crippen MR) is 126 cm³/mol. The maximum Gasteiger partial charge on any atom is 0.209 e. The van der Waals surface area contributed by atoms with E-state index in [2.05, 4.69) is 5.92 Å². The Bertz CT molecular complexity index is 1350. The van der Waals surface area contributed by atoms with E-state index < -0.39 is 0 Å². The number of nitrogens with zero attached hydrogens (tertiary/aromatic N) is 1. The van der Waals surface area contributed by atoms with Crippen LogP contribution in [0.1, 0.15) is 37.7 Å². The molecule has 4 nitrogen and oxygen atoms in total. The van der Waals surface area contributed by atoms with Crippen molar-refractivity contribution >= 4 is 23.2 Å². The molecule has 0 amide bonds. The standard InChI is InChI=1S/C28H21NO3/c1-3-18-32-23-15-12-21(13-16-23)14-17-27(30)24-19-26(28(31)22-9-5-4-6-10-22)29-20(2)8-7-11-25(24)29/h1,4-17,19H,18H2,2H3/b17-14+. The summed E-state index contributed by atoms with van der Waals surface area (Å²) >= 11 is 0. The van der Waals surface area contributed by atoms with Gasteiger partial charge in [0.05, 0.1) is 11.2 Å². The lowest BCUT2D eigenvalue weighted by molar-refractivity contribution is 0.103. The van der Waals surface area contributed by atoms with E-state index in [-0.39, 0.29) is 18.2 Å². The van der Waals surface area contributed by atoms with Gasteiger partial charge < -0.3 is 9.14 Å². The molecular weight excluding hydrogens is 398 g/mol. The molecule has 0 bridgehead atoms. The first kappa shape index (κ1) is 20.9. The van der Waals surface area contributed by atoms with Crippen LogP contribution in [0.4, 0.5) is 0 Å². The van der Waals surface area contributed by atoms with E-state index in [0.717, 1.165) is 11.3 Å². The van der Waals surface area contributed by atoms with Crippen LogP contribution in [0, 0.1) is 19.3 Å². The van der Waals surface area contributed by atoms with Crippen LogP contribution in [0.3, 0.4) is 0 Å². The minimum absolute atomic E-state index is 0.125. The zero-order valence-corrected chi connectivity index (χ0v) is 17.6. The highest BCUT2D eigenvalue weighted by Gasteiger charge is 2.20. The average Bonchev–Trinajstić information content (AvgIpc) is 3.23. The van der Waals surface area contributed by atoms with Crippen LogP contribution >= 0.6 is 0 Å². The summed E-state index contributed by atoms with van der Waals surface area (Å²) in [7, 11) is 0. The number of aryl methyl sites for hydroxylation is 1. The van der Waals surface area contributed by atoms with Crippen molar-refractivity contribution in [2.45, 2.75) is 6.92 Å². The molecule has 0 aliphatic heterocycles. The molecule has 2 aromatic carbocycles. The maximum atomic E-state index is 13.2. The monoisotopic (exact) mass is 419 g/mol. The molecule has 32 heavy (non-hydrogen) atoms. The molecule has 0 aliphatic rings. The lowest BCUT2D eigenvalue weighted by Crippen LogP contribution is -2.06. The van der Waals surface area contributed by atoms with Gasteiger partial charge in [-0.1, -0.05) is 60.5 Å². The molecule has 4 rings (SSSR count). The molecule has 156 valence electrons. The van der Waals surface area contributed by atoms with Gasteiger partial charge in [0.2, 0.25) is 5.78 Å². The van der Waals surface area contributed by atoms with Gasteiger partial charge in [0.15, 0.2) is 5.78 Å². The Balaban J connectivity index is 1.66. The third-order valence-corrected chi connectivity index (χ3v) is 5.15. The zero-order valence-electron chi connectivity index (χ0n) is 17.6. The molecule has 0 fully saturated rings. The third-order valence-electron chi connectivity index (χ3n) is 5.15. The Hall–Kier alpha value is -4.36. The highest BCUT2D eigenvalue weighted by atomic mass is 16.5. The second-order valence-electron chi connectivity index (χ2n) is 7.29. The number of aromatic nitrogens is 1. The van der Waals surface area contributed by atoms with Crippen molar-refractivity contribution in [2.75, 3.05) is 6.61 Å². The summed E-state index contributed by atoms with van der Waals surface area (Å²) in [5, 5.41) is 0. The Kier molecular flexibility index (Phi) is 6.00. The molecule has 4 aromatic rings. The van der Waals surface area contributed by atoms with Gasteiger partial charge in [-0.25, -0.2) is 0 Å². The van der Waals surface area contributed by atoms with Gasteiger partial charge in [-0.05, 0) is 48.9 Å². The van der Waals surface area contributed by atoms with Gasteiger partial charge in [0.1, 0.15) is 12.4 Å². The van der Waals surface area contributed by atoms with Crippen LogP contribution in [-0.4, -0.2) is 22.6 Å². The van der Waals surface area contributed by atoms with E-state index in [4.69, 9.17) is 11.2 Å². The van der Waals surface area contributed by atoms with Crippen LogP contribution in [0.15, 0.2) is 84.9 Å². The predicted octanol–water partition coefficient (Wildman–Crippen LogP) is 5.39. The minimum atomic E-state index is -0.173. The smallest absolute Gasteiger partial charge is 0.209 e.